The molecule has 0 aliphatic heterocycles. The average molecular weight is 269 g/mol. The van der Waals surface area contributed by atoms with Crippen LogP contribution in [0, 0.1) is 5.82 Å². The molecule has 1 heterocycles. The number of hydrogen-bond acceptors (Lipinski definition) is 2. The van der Waals surface area contributed by atoms with Gasteiger partial charge in [-0.2, -0.15) is 0 Å². The van der Waals surface area contributed by atoms with Crippen LogP contribution < -0.4 is 5.32 Å². The van der Waals surface area contributed by atoms with E-state index in [1.54, 1.807) is 12.4 Å². The Bertz CT molecular complexity index is 777. The van der Waals surface area contributed by atoms with Crippen LogP contribution in [0.2, 0.25) is 0 Å². The number of aryl methyl sites for hydroxylation is 1. The summed E-state index contributed by atoms with van der Waals surface area (Å²) in [5.74, 6) is -0.642. The molecule has 5 heteroatoms. The van der Waals surface area contributed by atoms with Gasteiger partial charge >= 0.3 is 0 Å². The van der Waals surface area contributed by atoms with E-state index in [1.165, 1.54) is 24.3 Å². The van der Waals surface area contributed by atoms with Crippen molar-refractivity contribution in [2.75, 3.05) is 5.32 Å². The fourth-order valence-corrected chi connectivity index (χ4v) is 2.02. The maximum Gasteiger partial charge on any atom is 0.255 e. The zero-order valence-corrected chi connectivity index (χ0v) is 10.8. The topological polar surface area (TPSA) is 46.9 Å². The molecule has 3 aromatic rings. The molecule has 0 radical (unpaired) electrons. The normalized spacial score (nSPS) is 10.7. The Balaban J connectivity index is 1.85. The molecule has 3 rings (SSSR count). The number of nitrogens with zero attached hydrogens (tertiary/aromatic N) is 2. The molecule has 0 atom stereocenters. The monoisotopic (exact) mass is 269 g/mol. The number of rotatable bonds is 2. The molecule has 1 aromatic heterocycles. The molecule has 0 aliphatic carbocycles. The van der Waals surface area contributed by atoms with Crippen molar-refractivity contribution in [1.82, 2.24) is 9.55 Å². The number of fused-ring (bicyclic) bond motifs is 1. The Morgan fingerprint density at radius 3 is 2.70 bits per heavy atom. The van der Waals surface area contributed by atoms with Gasteiger partial charge in [0.05, 0.1) is 17.4 Å². The minimum atomic E-state index is -0.364. The van der Waals surface area contributed by atoms with Gasteiger partial charge in [0.2, 0.25) is 0 Å². The number of amides is 1. The number of carbonyl (C=O) groups is 1. The number of aromatic nitrogens is 2. The van der Waals surface area contributed by atoms with Gasteiger partial charge in [-0.05, 0) is 42.5 Å². The SMILES string of the molecule is Cn1cnc2cc(NC(=O)c3ccc(F)cc3)ccc21. The molecule has 0 aliphatic rings. The van der Waals surface area contributed by atoms with Crippen LogP contribution >= 0.6 is 0 Å². The molecule has 0 spiro atoms. The van der Waals surface area contributed by atoms with Crippen molar-refractivity contribution in [3.63, 3.8) is 0 Å². The lowest BCUT2D eigenvalue weighted by Crippen LogP contribution is -2.11. The van der Waals surface area contributed by atoms with Gasteiger partial charge in [0.25, 0.3) is 5.91 Å². The predicted molar refractivity (Wildman–Crippen MR) is 75.1 cm³/mol. The number of benzene rings is 2. The van der Waals surface area contributed by atoms with Crippen molar-refractivity contribution in [2.45, 2.75) is 0 Å². The van der Waals surface area contributed by atoms with Gasteiger partial charge in [-0.3, -0.25) is 4.79 Å². The largest absolute Gasteiger partial charge is 0.334 e. The summed E-state index contributed by atoms with van der Waals surface area (Å²) in [6, 6.07) is 10.9. The van der Waals surface area contributed by atoms with Crippen LogP contribution in [0.1, 0.15) is 10.4 Å². The first kappa shape index (κ1) is 12.3. The van der Waals surface area contributed by atoms with E-state index in [9.17, 15) is 9.18 Å². The van der Waals surface area contributed by atoms with E-state index >= 15 is 0 Å². The van der Waals surface area contributed by atoms with E-state index in [4.69, 9.17) is 0 Å². The number of hydrogen-bond donors (Lipinski definition) is 1. The summed E-state index contributed by atoms with van der Waals surface area (Å²) >= 11 is 0. The van der Waals surface area contributed by atoms with Crippen LogP contribution in [0.3, 0.4) is 0 Å². The van der Waals surface area contributed by atoms with E-state index in [0.717, 1.165) is 11.0 Å². The smallest absolute Gasteiger partial charge is 0.255 e. The third-order valence-corrected chi connectivity index (χ3v) is 3.09. The molecule has 0 bridgehead atoms. The molecular formula is C15H12FN3O. The zero-order chi connectivity index (χ0) is 14.1. The van der Waals surface area contributed by atoms with Gasteiger partial charge in [-0.15, -0.1) is 0 Å². The van der Waals surface area contributed by atoms with Crippen molar-refractivity contribution in [1.29, 1.82) is 0 Å². The molecule has 0 fully saturated rings. The number of carbonyl (C=O) groups excluding carboxylic acids is 1. The van der Waals surface area contributed by atoms with Gasteiger partial charge < -0.3 is 9.88 Å². The van der Waals surface area contributed by atoms with Crippen LogP contribution in [-0.2, 0) is 7.05 Å². The summed E-state index contributed by atoms with van der Waals surface area (Å²) in [6.45, 7) is 0. The zero-order valence-electron chi connectivity index (χ0n) is 10.8. The third-order valence-electron chi connectivity index (χ3n) is 3.09. The summed E-state index contributed by atoms with van der Waals surface area (Å²) in [5.41, 5.74) is 2.87. The Morgan fingerprint density at radius 1 is 1.20 bits per heavy atom. The van der Waals surface area contributed by atoms with Crippen molar-refractivity contribution in [2.24, 2.45) is 7.05 Å². The second-order valence-corrected chi connectivity index (χ2v) is 4.52. The maximum atomic E-state index is 12.8. The van der Waals surface area contributed by atoms with Crippen LogP contribution in [0.15, 0.2) is 48.8 Å². The fourth-order valence-electron chi connectivity index (χ4n) is 2.02. The highest BCUT2D eigenvalue weighted by Gasteiger charge is 2.07. The van der Waals surface area contributed by atoms with Gasteiger partial charge in [0.1, 0.15) is 5.82 Å². The Hall–Kier alpha value is -2.69. The lowest BCUT2D eigenvalue weighted by atomic mass is 10.2. The summed E-state index contributed by atoms with van der Waals surface area (Å²) in [7, 11) is 1.91. The van der Waals surface area contributed by atoms with Crippen LogP contribution in [0.25, 0.3) is 11.0 Å². The molecule has 1 N–H and O–H groups in total. The second-order valence-electron chi connectivity index (χ2n) is 4.52. The second kappa shape index (κ2) is 4.77. The van der Waals surface area contributed by atoms with Crippen LogP contribution in [0.5, 0.6) is 0 Å². The first-order valence-corrected chi connectivity index (χ1v) is 6.11. The van der Waals surface area contributed by atoms with E-state index in [2.05, 4.69) is 10.3 Å². The average Bonchev–Trinajstić information content (AvgIpc) is 2.81. The van der Waals surface area contributed by atoms with Crippen molar-refractivity contribution in [3.8, 4) is 0 Å². The highest BCUT2D eigenvalue weighted by Crippen LogP contribution is 2.18. The predicted octanol–water partition coefficient (Wildman–Crippen LogP) is 2.96. The van der Waals surface area contributed by atoms with Gasteiger partial charge in [-0.1, -0.05) is 0 Å². The molecule has 0 saturated carbocycles. The molecule has 1 amide bonds. The molecule has 0 saturated heterocycles. The van der Waals surface area contributed by atoms with Crippen molar-refractivity contribution in [3.05, 3.63) is 60.2 Å². The van der Waals surface area contributed by atoms with Gasteiger partial charge in [-0.25, -0.2) is 9.37 Å². The Morgan fingerprint density at radius 2 is 1.95 bits per heavy atom. The van der Waals surface area contributed by atoms with E-state index < -0.39 is 0 Å². The van der Waals surface area contributed by atoms with Crippen LogP contribution in [0.4, 0.5) is 10.1 Å². The number of halogens is 1. The molecular weight excluding hydrogens is 257 g/mol. The summed E-state index contributed by atoms with van der Waals surface area (Å²) in [5, 5.41) is 2.77. The first-order valence-electron chi connectivity index (χ1n) is 6.11. The van der Waals surface area contributed by atoms with E-state index in [0.29, 0.717) is 11.3 Å². The first-order chi connectivity index (χ1) is 9.63. The van der Waals surface area contributed by atoms with E-state index in [-0.39, 0.29) is 11.7 Å². The molecule has 2 aromatic carbocycles. The number of imidazole rings is 1. The van der Waals surface area contributed by atoms with Crippen molar-refractivity contribution >= 4 is 22.6 Å². The summed E-state index contributed by atoms with van der Waals surface area (Å²) in [6.07, 6.45) is 1.72. The Labute approximate surface area is 114 Å². The number of nitrogens with one attached hydrogen (secondary N) is 1. The summed E-state index contributed by atoms with van der Waals surface area (Å²) < 4.78 is 14.7. The lowest BCUT2D eigenvalue weighted by molar-refractivity contribution is 0.102. The van der Waals surface area contributed by atoms with Crippen LogP contribution in [-0.4, -0.2) is 15.5 Å². The molecule has 20 heavy (non-hydrogen) atoms. The van der Waals surface area contributed by atoms with E-state index in [1.807, 2.05) is 23.7 Å². The molecule has 4 nitrogen and oxygen atoms in total. The highest BCUT2D eigenvalue weighted by atomic mass is 19.1. The maximum absolute atomic E-state index is 12.8. The van der Waals surface area contributed by atoms with Gasteiger partial charge in [0.15, 0.2) is 0 Å². The minimum absolute atomic E-state index is 0.278. The standard InChI is InChI=1S/C15H12FN3O/c1-19-9-17-13-8-12(6-7-14(13)19)18-15(20)10-2-4-11(16)5-3-10/h2-9H,1H3,(H,18,20). The number of anilines is 1. The third kappa shape index (κ3) is 2.25. The fraction of sp³-hybridized carbons (Fsp3) is 0.0667. The minimum Gasteiger partial charge on any atom is -0.334 e. The quantitative estimate of drug-likeness (QED) is 0.777. The van der Waals surface area contributed by atoms with Gasteiger partial charge in [0, 0.05) is 18.3 Å². The lowest BCUT2D eigenvalue weighted by Gasteiger charge is -2.05. The Kier molecular flexibility index (Phi) is 2.95. The molecule has 0 unspecified atom stereocenters. The molecule has 100 valence electrons. The highest BCUT2D eigenvalue weighted by molar-refractivity contribution is 6.04. The summed E-state index contributed by atoms with van der Waals surface area (Å²) in [4.78, 5) is 16.2. The van der Waals surface area contributed by atoms with Crippen molar-refractivity contribution < 1.29 is 9.18 Å².